The molecule has 1 fully saturated rings. The van der Waals surface area contributed by atoms with Gasteiger partial charge in [-0.25, -0.2) is 0 Å². The predicted octanol–water partition coefficient (Wildman–Crippen LogP) is 3.98. The van der Waals surface area contributed by atoms with Crippen LogP contribution in [0.1, 0.15) is 50.2 Å². The molecule has 1 N–H and O–H groups in total. The van der Waals surface area contributed by atoms with Crippen molar-refractivity contribution < 1.29 is 14.6 Å². The van der Waals surface area contributed by atoms with Gasteiger partial charge in [0.2, 0.25) is 0 Å². The van der Waals surface area contributed by atoms with Gasteiger partial charge in [0.25, 0.3) is 0 Å². The first-order valence-electron chi connectivity index (χ1n) is 6.49. The van der Waals surface area contributed by atoms with E-state index in [9.17, 15) is 4.79 Å². The molecule has 0 aromatic heterocycles. The number of hydrogen-bond donors (Lipinski definition) is 1. The van der Waals surface area contributed by atoms with E-state index in [1.165, 1.54) is 0 Å². The van der Waals surface area contributed by atoms with Crippen molar-refractivity contribution >= 4 is 17.6 Å². The summed E-state index contributed by atoms with van der Waals surface area (Å²) in [6.45, 7) is 4.13. The molecular formula is C15H19ClO3. The van der Waals surface area contributed by atoms with Crippen molar-refractivity contribution in [2.45, 2.75) is 44.4 Å². The lowest BCUT2D eigenvalue weighted by molar-refractivity contribution is -0.137. The van der Waals surface area contributed by atoms with Gasteiger partial charge in [-0.15, -0.1) is 0 Å². The Bertz CT molecular complexity index is 504. The number of carboxylic acids is 1. The lowest BCUT2D eigenvalue weighted by Crippen LogP contribution is -2.13. The standard InChI is InChI=1S/C15H19ClO3/c1-9(2)14-11(16)6-10(7-12(14)19-3)15(4-5-15)8-13(17)18/h6-7,9H,4-5,8H2,1-3H3,(H,17,18). The minimum absolute atomic E-state index is 0.160. The van der Waals surface area contributed by atoms with Gasteiger partial charge in [-0.05, 0) is 36.5 Å². The van der Waals surface area contributed by atoms with Gasteiger partial charge in [0.05, 0.1) is 13.5 Å². The van der Waals surface area contributed by atoms with Crippen molar-refractivity contribution in [1.29, 1.82) is 0 Å². The lowest BCUT2D eigenvalue weighted by atomic mass is 9.89. The zero-order valence-electron chi connectivity index (χ0n) is 11.5. The molecule has 0 unspecified atom stereocenters. The minimum Gasteiger partial charge on any atom is -0.496 e. The van der Waals surface area contributed by atoms with Crippen LogP contribution in [0, 0.1) is 0 Å². The molecule has 2 rings (SSSR count). The Morgan fingerprint density at radius 3 is 2.53 bits per heavy atom. The third kappa shape index (κ3) is 2.71. The van der Waals surface area contributed by atoms with E-state index >= 15 is 0 Å². The van der Waals surface area contributed by atoms with E-state index in [1.807, 2.05) is 12.1 Å². The smallest absolute Gasteiger partial charge is 0.304 e. The van der Waals surface area contributed by atoms with Gasteiger partial charge in [-0.3, -0.25) is 4.79 Å². The quantitative estimate of drug-likeness (QED) is 0.888. The number of benzene rings is 1. The van der Waals surface area contributed by atoms with Gasteiger partial charge in [-0.1, -0.05) is 25.4 Å². The molecule has 0 atom stereocenters. The zero-order chi connectivity index (χ0) is 14.2. The first-order valence-corrected chi connectivity index (χ1v) is 6.87. The van der Waals surface area contributed by atoms with E-state index in [2.05, 4.69) is 13.8 Å². The Labute approximate surface area is 118 Å². The van der Waals surface area contributed by atoms with Crippen LogP contribution in [-0.2, 0) is 10.2 Å². The largest absolute Gasteiger partial charge is 0.496 e. The highest BCUT2D eigenvalue weighted by molar-refractivity contribution is 6.31. The second-order valence-electron chi connectivity index (χ2n) is 5.58. The molecule has 19 heavy (non-hydrogen) atoms. The van der Waals surface area contributed by atoms with Gasteiger partial charge in [0.1, 0.15) is 5.75 Å². The highest BCUT2D eigenvalue weighted by Gasteiger charge is 2.46. The zero-order valence-corrected chi connectivity index (χ0v) is 12.3. The van der Waals surface area contributed by atoms with Crippen LogP contribution >= 0.6 is 11.6 Å². The maximum absolute atomic E-state index is 11.0. The Morgan fingerprint density at radius 1 is 1.47 bits per heavy atom. The van der Waals surface area contributed by atoms with E-state index in [0.29, 0.717) is 5.02 Å². The average molecular weight is 283 g/mol. The van der Waals surface area contributed by atoms with Crippen LogP contribution in [-0.4, -0.2) is 18.2 Å². The van der Waals surface area contributed by atoms with Gasteiger partial charge in [0, 0.05) is 16.0 Å². The van der Waals surface area contributed by atoms with Crippen LogP contribution < -0.4 is 4.74 Å². The van der Waals surface area contributed by atoms with E-state index in [4.69, 9.17) is 21.4 Å². The van der Waals surface area contributed by atoms with Crippen molar-refractivity contribution in [3.05, 3.63) is 28.3 Å². The second-order valence-corrected chi connectivity index (χ2v) is 5.99. The summed E-state index contributed by atoms with van der Waals surface area (Å²) in [5.41, 5.74) is 1.73. The van der Waals surface area contributed by atoms with Gasteiger partial charge in [0.15, 0.2) is 0 Å². The highest BCUT2D eigenvalue weighted by atomic mass is 35.5. The maximum Gasteiger partial charge on any atom is 0.304 e. The fourth-order valence-electron chi connectivity index (χ4n) is 2.64. The molecule has 1 aromatic carbocycles. The van der Waals surface area contributed by atoms with E-state index in [1.54, 1.807) is 7.11 Å². The number of ether oxygens (including phenoxy) is 1. The third-order valence-electron chi connectivity index (χ3n) is 3.84. The first-order chi connectivity index (χ1) is 8.89. The fourth-order valence-corrected chi connectivity index (χ4v) is 3.06. The summed E-state index contributed by atoms with van der Waals surface area (Å²) >= 11 is 6.35. The van der Waals surface area contributed by atoms with Crippen molar-refractivity contribution in [3.8, 4) is 5.75 Å². The van der Waals surface area contributed by atoms with Crippen LogP contribution in [0.15, 0.2) is 12.1 Å². The fraction of sp³-hybridized carbons (Fsp3) is 0.533. The SMILES string of the molecule is COc1cc(C2(CC(=O)O)CC2)cc(Cl)c1C(C)C. The molecule has 0 spiro atoms. The van der Waals surface area contributed by atoms with Crippen molar-refractivity contribution in [1.82, 2.24) is 0 Å². The molecule has 0 saturated heterocycles. The number of aliphatic carboxylic acids is 1. The van der Waals surface area contributed by atoms with Gasteiger partial charge in [-0.2, -0.15) is 0 Å². The number of halogens is 1. The van der Waals surface area contributed by atoms with Gasteiger partial charge < -0.3 is 9.84 Å². The summed E-state index contributed by atoms with van der Waals surface area (Å²) in [5.74, 6) is 0.265. The van der Waals surface area contributed by atoms with Crippen molar-refractivity contribution in [2.24, 2.45) is 0 Å². The topological polar surface area (TPSA) is 46.5 Å². The molecule has 0 aliphatic heterocycles. The molecule has 1 aliphatic carbocycles. The number of hydrogen-bond acceptors (Lipinski definition) is 2. The van der Waals surface area contributed by atoms with Crippen LogP contribution in [0.5, 0.6) is 5.75 Å². The summed E-state index contributed by atoms with van der Waals surface area (Å²) in [5, 5.41) is 9.69. The van der Waals surface area contributed by atoms with Crippen molar-refractivity contribution in [2.75, 3.05) is 7.11 Å². The molecule has 104 valence electrons. The Kier molecular flexibility index (Phi) is 3.77. The molecule has 1 aliphatic rings. The first kappa shape index (κ1) is 14.2. The third-order valence-corrected chi connectivity index (χ3v) is 4.16. The summed E-state index contributed by atoms with van der Waals surface area (Å²) in [6.07, 6.45) is 1.97. The molecule has 0 radical (unpaired) electrons. The number of rotatable bonds is 5. The number of carbonyl (C=O) groups is 1. The lowest BCUT2D eigenvalue weighted by Gasteiger charge is -2.19. The predicted molar refractivity (Wildman–Crippen MR) is 75.3 cm³/mol. The maximum atomic E-state index is 11.0. The monoisotopic (exact) mass is 282 g/mol. The number of methoxy groups -OCH3 is 1. The van der Waals surface area contributed by atoms with Gasteiger partial charge >= 0.3 is 5.97 Å². The molecule has 1 aromatic rings. The van der Waals surface area contributed by atoms with Crippen molar-refractivity contribution in [3.63, 3.8) is 0 Å². The average Bonchev–Trinajstić information content (AvgIpc) is 3.07. The summed E-state index contributed by atoms with van der Waals surface area (Å²) in [4.78, 5) is 11.0. The summed E-state index contributed by atoms with van der Waals surface area (Å²) in [7, 11) is 1.62. The molecule has 0 amide bonds. The second kappa shape index (κ2) is 5.04. The molecule has 4 heteroatoms. The molecule has 0 heterocycles. The Balaban J connectivity index is 2.44. The van der Waals surface area contributed by atoms with E-state index < -0.39 is 5.97 Å². The summed E-state index contributed by atoms with van der Waals surface area (Å²) in [6, 6.07) is 3.87. The van der Waals surface area contributed by atoms with Crippen LogP contribution in [0.2, 0.25) is 5.02 Å². The van der Waals surface area contributed by atoms with Crippen LogP contribution in [0.3, 0.4) is 0 Å². The Morgan fingerprint density at radius 2 is 2.11 bits per heavy atom. The molecule has 3 nitrogen and oxygen atoms in total. The Hall–Kier alpha value is -1.22. The molecule has 0 bridgehead atoms. The normalized spacial score (nSPS) is 16.5. The number of carboxylic acid groups (broad SMARTS) is 1. The van der Waals surface area contributed by atoms with Crippen LogP contribution in [0.4, 0.5) is 0 Å². The van der Waals surface area contributed by atoms with E-state index in [0.717, 1.165) is 29.7 Å². The minimum atomic E-state index is -0.763. The van der Waals surface area contributed by atoms with Crippen LogP contribution in [0.25, 0.3) is 0 Å². The molecular weight excluding hydrogens is 264 g/mol. The highest BCUT2D eigenvalue weighted by Crippen LogP contribution is 2.53. The summed E-state index contributed by atoms with van der Waals surface area (Å²) < 4.78 is 5.42. The molecule has 1 saturated carbocycles. The van der Waals surface area contributed by atoms with E-state index in [-0.39, 0.29) is 17.8 Å².